The molecular weight excluding hydrogens is 234 g/mol. The normalized spacial score (nSPS) is 14.6. The lowest BCUT2D eigenvalue weighted by Gasteiger charge is -2.18. The van der Waals surface area contributed by atoms with Crippen molar-refractivity contribution in [2.75, 3.05) is 29.0 Å². The second-order valence-electron chi connectivity index (χ2n) is 4.99. The van der Waals surface area contributed by atoms with Crippen molar-refractivity contribution in [2.45, 2.75) is 12.8 Å². The summed E-state index contributed by atoms with van der Waals surface area (Å²) in [6.07, 6.45) is 2.62. The largest absolute Gasteiger partial charge is 0.399 e. The average Bonchev–Trinajstić information content (AvgIpc) is 2.96. The topological polar surface area (TPSA) is 41.3 Å². The van der Waals surface area contributed by atoms with Crippen molar-refractivity contribution in [1.82, 2.24) is 0 Å². The molecule has 0 atom stereocenters. The molecule has 1 fully saturated rings. The minimum Gasteiger partial charge on any atom is -0.399 e. The van der Waals surface area contributed by atoms with E-state index in [9.17, 15) is 0 Å². The Labute approximate surface area is 114 Å². The molecule has 0 radical (unpaired) electrons. The minimum atomic E-state index is 0.787. The number of anilines is 4. The molecule has 1 heterocycles. The first kappa shape index (κ1) is 11.9. The zero-order valence-electron chi connectivity index (χ0n) is 11.0. The number of rotatable bonds is 3. The third-order valence-electron chi connectivity index (χ3n) is 3.54. The second-order valence-corrected chi connectivity index (χ2v) is 4.99. The number of benzene rings is 2. The van der Waals surface area contributed by atoms with Crippen LogP contribution in [-0.2, 0) is 0 Å². The standard InChI is InChI=1S/C16H19N3/c17-13-3-5-14(6-4-13)18-15-7-9-16(10-8-15)19-11-1-2-12-19/h3-10,18H,1-2,11-12,17H2. The van der Waals surface area contributed by atoms with Crippen molar-refractivity contribution in [3.05, 3.63) is 48.5 Å². The van der Waals surface area contributed by atoms with E-state index in [-0.39, 0.29) is 0 Å². The van der Waals surface area contributed by atoms with Crippen LogP contribution in [0.2, 0.25) is 0 Å². The summed E-state index contributed by atoms with van der Waals surface area (Å²) >= 11 is 0. The number of nitrogen functional groups attached to an aromatic ring is 1. The predicted octanol–water partition coefficient (Wildman–Crippen LogP) is 3.61. The van der Waals surface area contributed by atoms with Gasteiger partial charge in [-0.1, -0.05) is 0 Å². The molecule has 1 aliphatic rings. The molecule has 3 heteroatoms. The van der Waals surface area contributed by atoms with Gasteiger partial charge >= 0.3 is 0 Å². The van der Waals surface area contributed by atoms with Crippen LogP contribution in [0.3, 0.4) is 0 Å². The number of nitrogens with two attached hydrogens (primary N) is 1. The van der Waals surface area contributed by atoms with Crippen LogP contribution in [0.25, 0.3) is 0 Å². The zero-order valence-corrected chi connectivity index (χ0v) is 11.0. The molecule has 19 heavy (non-hydrogen) atoms. The van der Waals surface area contributed by atoms with Gasteiger partial charge in [0.1, 0.15) is 0 Å². The lowest BCUT2D eigenvalue weighted by molar-refractivity contribution is 0.949. The molecule has 3 rings (SSSR count). The molecule has 0 aromatic heterocycles. The summed E-state index contributed by atoms with van der Waals surface area (Å²) in [6, 6.07) is 16.4. The smallest absolute Gasteiger partial charge is 0.0385 e. The summed E-state index contributed by atoms with van der Waals surface area (Å²) in [5, 5.41) is 3.37. The highest BCUT2D eigenvalue weighted by Crippen LogP contribution is 2.24. The Morgan fingerprint density at radius 1 is 0.789 bits per heavy atom. The van der Waals surface area contributed by atoms with Gasteiger partial charge in [0.05, 0.1) is 0 Å². The highest BCUT2D eigenvalue weighted by molar-refractivity contribution is 5.64. The molecule has 3 N–H and O–H groups in total. The summed E-state index contributed by atoms with van der Waals surface area (Å²) in [7, 11) is 0. The fourth-order valence-electron chi connectivity index (χ4n) is 2.46. The van der Waals surface area contributed by atoms with Crippen LogP contribution < -0.4 is 16.0 Å². The maximum absolute atomic E-state index is 5.68. The molecule has 2 aromatic rings. The fraction of sp³-hybridized carbons (Fsp3) is 0.250. The van der Waals surface area contributed by atoms with Crippen LogP contribution in [0.5, 0.6) is 0 Å². The van der Waals surface area contributed by atoms with E-state index in [1.165, 1.54) is 31.6 Å². The molecule has 0 amide bonds. The highest BCUT2D eigenvalue weighted by atomic mass is 15.1. The van der Waals surface area contributed by atoms with E-state index in [1.54, 1.807) is 0 Å². The maximum atomic E-state index is 5.68. The molecule has 3 nitrogen and oxygen atoms in total. The Kier molecular flexibility index (Phi) is 3.27. The van der Waals surface area contributed by atoms with Crippen molar-refractivity contribution < 1.29 is 0 Å². The van der Waals surface area contributed by atoms with E-state index in [4.69, 9.17) is 5.73 Å². The summed E-state index contributed by atoms with van der Waals surface area (Å²) in [5.74, 6) is 0. The number of hydrogen-bond donors (Lipinski definition) is 2. The van der Waals surface area contributed by atoms with Crippen molar-refractivity contribution in [3.63, 3.8) is 0 Å². The quantitative estimate of drug-likeness (QED) is 0.821. The minimum absolute atomic E-state index is 0.787. The van der Waals surface area contributed by atoms with Crippen LogP contribution in [0.4, 0.5) is 22.7 Å². The molecule has 0 aliphatic carbocycles. The number of hydrogen-bond acceptors (Lipinski definition) is 3. The van der Waals surface area contributed by atoms with Crippen LogP contribution >= 0.6 is 0 Å². The first-order valence-corrected chi connectivity index (χ1v) is 6.79. The highest BCUT2D eigenvalue weighted by Gasteiger charge is 2.11. The van der Waals surface area contributed by atoms with Gasteiger partial charge in [-0.25, -0.2) is 0 Å². The Bertz CT molecular complexity index is 525. The van der Waals surface area contributed by atoms with Crippen molar-refractivity contribution in [1.29, 1.82) is 0 Å². The Morgan fingerprint density at radius 3 is 1.89 bits per heavy atom. The van der Waals surface area contributed by atoms with Crippen LogP contribution in [0, 0.1) is 0 Å². The summed E-state index contributed by atoms with van der Waals surface area (Å²) in [6.45, 7) is 2.37. The van der Waals surface area contributed by atoms with Gasteiger partial charge in [0, 0.05) is 35.8 Å². The molecule has 0 saturated carbocycles. The summed E-state index contributed by atoms with van der Waals surface area (Å²) < 4.78 is 0. The van der Waals surface area contributed by atoms with E-state index in [1.807, 2.05) is 24.3 Å². The van der Waals surface area contributed by atoms with Gasteiger partial charge in [0.15, 0.2) is 0 Å². The third-order valence-corrected chi connectivity index (χ3v) is 3.54. The first-order valence-electron chi connectivity index (χ1n) is 6.79. The predicted molar refractivity (Wildman–Crippen MR) is 82.0 cm³/mol. The van der Waals surface area contributed by atoms with E-state index in [0.29, 0.717) is 0 Å². The Morgan fingerprint density at radius 2 is 1.32 bits per heavy atom. The number of nitrogens with zero attached hydrogens (tertiary/aromatic N) is 1. The maximum Gasteiger partial charge on any atom is 0.0385 e. The Hall–Kier alpha value is -2.16. The molecule has 1 saturated heterocycles. The van der Waals surface area contributed by atoms with E-state index in [2.05, 4.69) is 34.5 Å². The lowest BCUT2D eigenvalue weighted by Crippen LogP contribution is -2.17. The van der Waals surface area contributed by atoms with Crippen molar-refractivity contribution in [3.8, 4) is 0 Å². The monoisotopic (exact) mass is 253 g/mol. The van der Waals surface area contributed by atoms with Gasteiger partial charge in [-0.3, -0.25) is 0 Å². The fourth-order valence-corrected chi connectivity index (χ4v) is 2.46. The number of nitrogens with one attached hydrogen (secondary N) is 1. The molecule has 0 unspecified atom stereocenters. The van der Waals surface area contributed by atoms with Crippen molar-refractivity contribution >= 4 is 22.7 Å². The van der Waals surface area contributed by atoms with Crippen molar-refractivity contribution in [2.24, 2.45) is 0 Å². The third kappa shape index (κ3) is 2.81. The van der Waals surface area contributed by atoms with Crippen LogP contribution in [-0.4, -0.2) is 13.1 Å². The lowest BCUT2D eigenvalue weighted by atomic mass is 10.2. The molecule has 0 bridgehead atoms. The van der Waals surface area contributed by atoms with Gasteiger partial charge in [0.25, 0.3) is 0 Å². The molecule has 2 aromatic carbocycles. The Balaban J connectivity index is 1.70. The molecular formula is C16H19N3. The van der Waals surface area contributed by atoms with E-state index in [0.717, 1.165) is 17.1 Å². The first-order chi connectivity index (χ1) is 9.31. The van der Waals surface area contributed by atoms with Gasteiger partial charge < -0.3 is 16.0 Å². The summed E-state index contributed by atoms with van der Waals surface area (Å²) in [5.41, 5.74) is 9.95. The van der Waals surface area contributed by atoms with E-state index < -0.39 is 0 Å². The van der Waals surface area contributed by atoms with Gasteiger partial charge in [-0.05, 0) is 61.4 Å². The SMILES string of the molecule is Nc1ccc(Nc2ccc(N3CCCC3)cc2)cc1. The average molecular weight is 253 g/mol. The van der Waals surface area contributed by atoms with Gasteiger partial charge in [-0.15, -0.1) is 0 Å². The molecule has 98 valence electrons. The molecule has 1 aliphatic heterocycles. The van der Waals surface area contributed by atoms with Gasteiger partial charge in [-0.2, -0.15) is 0 Å². The summed E-state index contributed by atoms with van der Waals surface area (Å²) in [4.78, 5) is 2.44. The van der Waals surface area contributed by atoms with Gasteiger partial charge in [0.2, 0.25) is 0 Å². The van der Waals surface area contributed by atoms with Crippen LogP contribution in [0.15, 0.2) is 48.5 Å². The van der Waals surface area contributed by atoms with Crippen LogP contribution in [0.1, 0.15) is 12.8 Å². The molecule has 0 spiro atoms. The zero-order chi connectivity index (χ0) is 13.1. The van der Waals surface area contributed by atoms with E-state index >= 15 is 0 Å². The second kappa shape index (κ2) is 5.22.